The van der Waals surface area contributed by atoms with E-state index in [4.69, 9.17) is 4.99 Å². The van der Waals surface area contributed by atoms with Gasteiger partial charge in [0.1, 0.15) is 0 Å². The van der Waals surface area contributed by atoms with Gasteiger partial charge in [-0.2, -0.15) is 0 Å². The fourth-order valence-corrected chi connectivity index (χ4v) is 3.94. The van der Waals surface area contributed by atoms with Crippen molar-refractivity contribution in [2.45, 2.75) is 57.9 Å². The molecule has 1 aromatic carbocycles. The molecular formula is C18H25N. The maximum atomic E-state index is 5.09. The first-order valence-electron chi connectivity index (χ1n) is 7.96. The minimum absolute atomic E-state index is 0.332. The van der Waals surface area contributed by atoms with E-state index in [0.29, 0.717) is 6.04 Å². The summed E-state index contributed by atoms with van der Waals surface area (Å²) < 4.78 is 0. The number of rotatable bonds is 3. The Morgan fingerprint density at radius 2 is 1.74 bits per heavy atom. The van der Waals surface area contributed by atoms with Crippen molar-refractivity contribution in [2.75, 3.05) is 0 Å². The lowest BCUT2D eigenvalue weighted by Gasteiger charge is -2.20. The summed E-state index contributed by atoms with van der Waals surface area (Å²) in [6.07, 6.45) is 9.79. The summed E-state index contributed by atoms with van der Waals surface area (Å²) in [5, 5.41) is 0. The van der Waals surface area contributed by atoms with Gasteiger partial charge in [-0.25, -0.2) is 0 Å². The molecule has 2 aliphatic rings. The summed E-state index contributed by atoms with van der Waals surface area (Å²) in [4.78, 5) is 5.09. The van der Waals surface area contributed by atoms with Crippen LogP contribution in [0.3, 0.4) is 0 Å². The molecule has 0 amide bonds. The highest BCUT2D eigenvalue weighted by Gasteiger charge is 2.32. The molecule has 0 heterocycles. The minimum atomic E-state index is 0.332. The molecule has 1 nitrogen and oxygen atoms in total. The molecule has 0 aromatic heterocycles. The number of hydrogen-bond donors (Lipinski definition) is 0. The molecule has 0 bridgehead atoms. The third-order valence-electron chi connectivity index (χ3n) is 4.99. The van der Waals surface area contributed by atoms with Crippen LogP contribution in [0.4, 0.5) is 0 Å². The first kappa shape index (κ1) is 12.9. The fourth-order valence-electron chi connectivity index (χ4n) is 3.94. The molecule has 2 atom stereocenters. The Kier molecular flexibility index (Phi) is 4.00. The molecule has 0 spiro atoms. The lowest BCUT2D eigenvalue weighted by Crippen LogP contribution is -2.17. The van der Waals surface area contributed by atoms with Crippen molar-refractivity contribution in [3.8, 4) is 0 Å². The predicted molar refractivity (Wildman–Crippen MR) is 81.6 cm³/mol. The standard InChI is InChI=1S/C18H25N/c1-14(15-8-3-2-4-9-15)19-18-13-7-12-17(18)16-10-5-6-11-16/h2-4,8-9,14,16-17H,5-7,10-13H2,1H3/t14-,17?/m0/s1. The quantitative estimate of drug-likeness (QED) is 0.705. The molecule has 1 aromatic rings. The summed E-state index contributed by atoms with van der Waals surface area (Å²) in [5.41, 5.74) is 2.88. The van der Waals surface area contributed by atoms with Gasteiger partial charge in [0.05, 0.1) is 6.04 Å². The fraction of sp³-hybridized carbons (Fsp3) is 0.611. The molecule has 3 rings (SSSR count). The van der Waals surface area contributed by atoms with Crippen molar-refractivity contribution in [1.29, 1.82) is 0 Å². The zero-order chi connectivity index (χ0) is 13.1. The van der Waals surface area contributed by atoms with Crippen LogP contribution in [-0.2, 0) is 0 Å². The van der Waals surface area contributed by atoms with E-state index in [-0.39, 0.29) is 0 Å². The van der Waals surface area contributed by atoms with E-state index < -0.39 is 0 Å². The summed E-state index contributed by atoms with van der Waals surface area (Å²) in [7, 11) is 0. The highest BCUT2D eigenvalue weighted by molar-refractivity contribution is 5.89. The van der Waals surface area contributed by atoms with Gasteiger partial charge < -0.3 is 0 Å². The summed E-state index contributed by atoms with van der Waals surface area (Å²) in [6, 6.07) is 11.1. The van der Waals surface area contributed by atoms with E-state index in [1.165, 1.54) is 56.2 Å². The maximum Gasteiger partial charge on any atom is 0.0720 e. The molecule has 0 aliphatic heterocycles. The van der Waals surface area contributed by atoms with E-state index in [9.17, 15) is 0 Å². The van der Waals surface area contributed by atoms with E-state index in [1.54, 1.807) is 0 Å². The van der Waals surface area contributed by atoms with Crippen LogP contribution in [0.15, 0.2) is 35.3 Å². The average molecular weight is 255 g/mol. The zero-order valence-electron chi connectivity index (χ0n) is 12.0. The zero-order valence-corrected chi connectivity index (χ0v) is 12.0. The van der Waals surface area contributed by atoms with Crippen molar-refractivity contribution in [3.63, 3.8) is 0 Å². The van der Waals surface area contributed by atoms with Crippen molar-refractivity contribution >= 4 is 5.71 Å². The largest absolute Gasteiger partial charge is 0.286 e. The van der Waals surface area contributed by atoms with Gasteiger partial charge in [0.15, 0.2) is 0 Å². The van der Waals surface area contributed by atoms with Crippen LogP contribution in [0, 0.1) is 11.8 Å². The lowest BCUT2D eigenvalue weighted by molar-refractivity contribution is 0.422. The molecule has 0 N–H and O–H groups in total. The number of hydrogen-bond acceptors (Lipinski definition) is 1. The van der Waals surface area contributed by atoms with Crippen molar-refractivity contribution in [2.24, 2.45) is 16.8 Å². The monoisotopic (exact) mass is 255 g/mol. The van der Waals surface area contributed by atoms with Gasteiger partial charge in [-0.15, -0.1) is 0 Å². The first-order valence-corrected chi connectivity index (χ1v) is 7.96. The molecule has 1 unspecified atom stereocenters. The van der Waals surface area contributed by atoms with Gasteiger partial charge in [-0.1, -0.05) is 43.2 Å². The number of aliphatic imine (C=N–C) groups is 1. The van der Waals surface area contributed by atoms with Crippen LogP contribution < -0.4 is 0 Å². The van der Waals surface area contributed by atoms with Crippen LogP contribution in [0.5, 0.6) is 0 Å². The topological polar surface area (TPSA) is 12.4 Å². The second kappa shape index (κ2) is 5.90. The summed E-state index contributed by atoms with van der Waals surface area (Å²) in [5.74, 6) is 1.76. The van der Waals surface area contributed by atoms with Gasteiger partial charge in [-0.3, -0.25) is 4.99 Å². The third-order valence-corrected chi connectivity index (χ3v) is 4.99. The lowest BCUT2D eigenvalue weighted by atomic mass is 9.88. The van der Waals surface area contributed by atoms with E-state index in [0.717, 1.165) is 11.8 Å². The molecule has 2 aliphatic carbocycles. The van der Waals surface area contributed by atoms with Crippen molar-refractivity contribution in [1.82, 2.24) is 0 Å². The maximum absolute atomic E-state index is 5.09. The second-order valence-electron chi connectivity index (χ2n) is 6.25. The Morgan fingerprint density at radius 3 is 2.47 bits per heavy atom. The Morgan fingerprint density at radius 1 is 1.00 bits per heavy atom. The van der Waals surface area contributed by atoms with Crippen LogP contribution >= 0.6 is 0 Å². The van der Waals surface area contributed by atoms with Gasteiger partial charge in [-0.05, 0) is 56.4 Å². The Balaban J connectivity index is 1.74. The average Bonchev–Trinajstić information content (AvgIpc) is 3.10. The summed E-state index contributed by atoms with van der Waals surface area (Å²) in [6.45, 7) is 2.24. The molecule has 1 heteroatoms. The van der Waals surface area contributed by atoms with Crippen LogP contribution in [-0.4, -0.2) is 5.71 Å². The predicted octanol–water partition coefficient (Wildman–Crippen LogP) is 5.18. The molecule has 2 saturated carbocycles. The molecule has 0 saturated heterocycles. The molecule has 19 heavy (non-hydrogen) atoms. The van der Waals surface area contributed by atoms with Crippen LogP contribution in [0.2, 0.25) is 0 Å². The third kappa shape index (κ3) is 2.91. The smallest absolute Gasteiger partial charge is 0.0720 e. The number of benzene rings is 1. The SMILES string of the molecule is C[C@H](N=C1CCCC1C1CCCC1)c1ccccc1. The molecular weight excluding hydrogens is 230 g/mol. The van der Waals surface area contributed by atoms with Gasteiger partial charge in [0.2, 0.25) is 0 Å². The van der Waals surface area contributed by atoms with E-state index >= 15 is 0 Å². The summed E-state index contributed by atoms with van der Waals surface area (Å²) >= 11 is 0. The number of nitrogens with zero attached hydrogens (tertiary/aromatic N) is 1. The highest BCUT2D eigenvalue weighted by Crippen LogP contribution is 2.39. The van der Waals surface area contributed by atoms with Gasteiger partial charge >= 0.3 is 0 Å². The molecule has 2 fully saturated rings. The van der Waals surface area contributed by atoms with E-state index in [2.05, 4.69) is 37.3 Å². The normalized spacial score (nSPS) is 28.1. The molecule has 102 valence electrons. The van der Waals surface area contributed by atoms with Gasteiger partial charge in [0, 0.05) is 5.71 Å². The molecule has 0 radical (unpaired) electrons. The Labute approximate surface area is 117 Å². The van der Waals surface area contributed by atoms with Crippen molar-refractivity contribution in [3.05, 3.63) is 35.9 Å². The first-order chi connectivity index (χ1) is 9.34. The van der Waals surface area contributed by atoms with Crippen LogP contribution in [0.25, 0.3) is 0 Å². The Hall–Kier alpha value is -1.11. The van der Waals surface area contributed by atoms with E-state index in [1.807, 2.05) is 0 Å². The highest BCUT2D eigenvalue weighted by atomic mass is 14.8. The van der Waals surface area contributed by atoms with Crippen molar-refractivity contribution < 1.29 is 0 Å². The van der Waals surface area contributed by atoms with Gasteiger partial charge in [0.25, 0.3) is 0 Å². The second-order valence-corrected chi connectivity index (χ2v) is 6.25. The minimum Gasteiger partial charge on any atom is -0.286 e. The Bertz CT molecular complexity index is 428. The van der Waals surface area contributed by atoms with Crippen LogP contribution in [0.1, 0.15) is 63.5 Å².